The van der Waals surface area contributed by atoms with E-state index in [1.807, 2.05) is 6.92 Å². The van der Waals surface area contributed by atoms with Crippen LogP contribution in [0, 0.1) is 44.8 Å². The molecule has 4 saturated carbocycles. The number of hydrogen-bond acceptors (Lipinski definition) is 4. The Kier molecular flexibility index (Phi) is 5.17. The third-order valence-electron chi connectivity index (χ3n) is 12.7. The third-order valence-corrected chi connectivity index (χ3v) is 12.7. The van der Waals surface area contributed by atoms with E-state index in [1.54, 1.807) is 0 Å². The molecule has 0 aliphatic heterocycles. The molecule has 0 heterocycles. The molecule has 5 heteroatoms. The lowest BCUT2D eigenvalue weighted by atomic mass is 9.34. The zero-order valence-corrected chi connectivity index (χ0v) is 22.0. The number of allylic oxidation sites excluding steroid dienone is 2. The van der Waals surface area contributed by atoms with E-state index in [4.69, 9.17) is 0 Å². The van der Waals surface area contributed by atoms with E-state index in [-0.39, 0.29) is 33.5 Å². The van der Waals surface area contributed by atoms with Crippen LogP contribution < -0.4 is 0 Å². The van der Waals surface area contributed by atoms with Crippen LogP contribution in [0.5, 0.6) is 0 Å². The van der Waals surface area contributed by atoms with Crippen molar-refractivity contribution in [3.8, 4) is 0 Å². The van der Waals surface area contributed by atoms with Crippen LogP contribution in [0.2, 0.25) is 0 Å². The number of rotatable bonds is 1. The number of aliphatic hydroxyl groups excluding tert-OH is 2. The summed E-state index contributed by atoms with van der Waals surface area (Å²) in [4.78, 5) is 12.8. The fraction of sp³-hybridized carbons (Fsp3) is 0.897. The lowest BCUT2D eigenvalue weighted by Crippen LogP contribution is -2.68. The average Bonchev–Trinajstić information content (AvgIpc) is 2.71. The first-order valence-corrected chi connectivity index (χ1v) is 13.6. The molecule has 5 aliphatic carbocycles. The Balaban J connectivity index is 1.63. The average molecular weight is 475 g/mol. The molecule has 0 aromatic heterocycles. The topological polar surface area (TPSA) is 98.0 Å². The molecule has 5 nitrogen and oxygen atoms in total. The Morgan fingerprint density at radius 2 is 1.56 bits per heavy atom. The number of carbonyl (C=O) groups is 1. The van der Waals surface area contributed by atoms with Crippen LogP contribution in [0.4, 0.5) is 0 Å². The van der Waals surface area contributed by atoms with Gasteiger partial charge in [0.2, 0.25) is 0 Å². The van der Waals surface area contributed by atoms with E-state index >= 15 is 0 Å². The molecule has 0 spiro atoms. The predicted molar refractivity (Wildman–Crippen MR) is 131 cm³/mol. The molecule has 0 unspecified atom stereocenters. The van der Waals surface area contributed by atoms with Gasteiger partial charge in [-0.1, -0.05) is 46.3 Å². The Hall–Kier alpha value is -0.910. The number of fused-ring (bicyclic) bond motifs is 7. The van der Waals surface area contributed by atoms with Gasteiger partial charge < -0.3 is 20.4 Å². The van der Waals surface area contributed by atoms with E-state index in [0.717, 1.165) is 38.5 Å². The van der Waals surface area contributed by atoms with Crippen LogP contribution in [0.3, 0.4) is 0 Å². The molecule has 0 aromatic rings. The van der Waals surface area contributed by atoms with Crippen LogP contribution in [-0.2, 0) is 4.79 Å². The van der Waals surface area contributed by atoms with Gasteiger partial charge in [0.15, 0.2) is 0 Å². The zero-order valence-electron chi connectivity index (χ0n) is 22.0. The van der Waals surface area contributed by atoms with Crippen LogP contribution >= 0.6 is 0 Å². The summed E-state index contributed by atoms with van der Waals surface area (Å²) in [6, 6.07) is 0. The Morgan fingerprint density at radius 1 is 0.882 bits per heavy atom. The highest BCUT2D eigenvalue weighted by molar-refractivity contribution is 5.77. The second-order valence-corrected chi connectivity index (χ2v) is 14.6. The van der Waals surface area contributed by atoms with Gasteiger partial charge in [-0.2, -0.15) is 0 Å². The van der Waals surface area contributed by atoms with Crippen molar-refractivity contribution in [2.24, 2.45) is 44.8 Å². The molecular formula is C29H46O5. The highest BCUT2D eigenvalue weighted by atomic mass is 16.4. The van der Waals surface area contributed by atoms with Crippen LogP contribution in [-0.4, -0.2) is 44.2 Å². The number of aliphatic hydroxyl groups is 3. The van der Waals surface area contributed by atoms with E-state index < -0.39 is 29.2 Å². The summed E-state index contributed by atoms with van der Waals surface area (Å²) >= 11 is 0. The second kappa shape index (κ2) is 7.10. The van der Waals surface area contributed by atoms with Gasteiger partial charge in [-0.05, 0) is 104 Å². The van der Waals surface area contributed by atoms with Crippen molar-refractivity contribution in [1.82, 2.24) is 0 Å². The maximum Gasteiger partial charge on any atom is 0.312 e. The van der Waals surface area contributed by atoms with Crippen molar-refractivity contribution in [3.05, 3.63) is 11.6 Å². The van der Waals surface area contributed by atoms with E-state index in [0.29, 0.717) is 25.2 Å². The number of carboxylic acids is 1. The Morgan fingerprint density at radius 3 is 2.21 bits per heavy atom. The summed E-state index contributed by atoms with van der Waals surface area (Å²) in [5.74, 6) is -0.598. The van der Waals surface area contributed by atoms with Gasteiger partial charge in [0.25, 0.3) is 0 Å². The van der Waals surface area contributed by atoms with Gasteiger partial charge >= 0.3 is 5.97 Å². The van der Waals surface area contributed by atoms with Gasteiger partial charge in [-0.3, -0.25) is 4.79 Å². The van der Waals surface area contributed by atoms with E-state index in [9.17, 15) is 25.2 Å². The molecule has 5 aliphatic rings. The minimum Gasteiger partial charge on any atom is -0.481 e. The third kappa shape index (κ3) is 2.81. The van der Waals surface area contributed by atoms with Gasteiger partial charge in [0.05, 0.1) is 17.8 Å². The van der Waals surface area contributed by atoms with Crippen molar-refractivity contribution in [2.45, 2.75) is 117 Å². The molecule has 0 aromatic carbocycles. The SMILES string of the molecule is CC1(C)CC[C@]2(C(=O)O)[C@H](O)C[C@]3(C)C(=CC[C@H]4[C@@]5(C)CC[C@H](O)[C@@](C)(O)[C@H]5CC[C@]43C)[C@@H]2C1. The lowest BCUT2D eigenvalue weighted by molar-refractivity contribution is -0.240. The molecule has 4 fully saturated rings. The van der Waals surface area contributed by atoms with Crippen LogP contribution in [0.15, 0.2) is 11.6 Å². The summed E-state index contributed by atoms with van der Waals surface area (Å²) in [5.41, 5.74) is -1.28. The molecule has 192 valence electrons. The summed E-state index contributed by atoms with van der Waals surface area (Å²) < 4.78 is 0. The second-order valence-electron chi connectivity index (χ2n) is 14.6. The van der Waals surface area contributed by atoms with E-state index in [2.05, 4.69) is 40.7 Å². The van der Waals surface area contributed by atoms with Crippen LogP contribution in [0.25, 0.3) is 0 Å². The fourth-order valence-corrected chi connectivity index (χ4v) is 10.4. The Bertz CT molecular complexity index is 921. The fourth-order valence-electron chi connectivity index (χ4n) is 10.4. The van der Waals surface area contributed by atoms with E-state index in [1.165, 1.54) is 5.57 Å². The van der Waals surface area contributed by atoms with Gasteiger partial charge in [0, 0.05) is 0 Å². The maximum absolute atomic E-state index is 12.8. The smallest absolute Gasteiger partial charge is 0.312 e. The first-order valence-electron chi connectivity index (χ1n) is 13.6. The molecule has 0 amide bonds. The highest BCUT2D eigenvalue weighted by Crippen LogP contribution is 2.75. The first-order chi connectivity index (χ1) is 15.6. The quantitative estimate of drug-likeness (QED) is 0.404. The van der Waals surface area contributed by atoms with Gasteiger partial charge in [0.1, 0.15) is 5.41 Å². The van der Waals surface area contributed by atoms with Gasteiger partial charge in [-0.25, -0.2) is 0 Å². The normalized spacial score (nSPS) is 56.3. The molecule has 5 rings (SSSR count). The maximum atomic E-state index is 12.8. The summed E-state index contributed by atoms with van der Waals surface area (Å²) in [5, 5.41) is 44.1. The van der Waals surface area contributed by atoms with Crippen molar-refractivity contribution in [1.29, 1.82) is 0 Å². The number of aliphatic carboxylic acids is 1. The monoisotopic (exact) mass is 474 g/mol. The van der Waals surface area contributed by atoms with Crippen molar-refractivity contribution in [3.63, 3.8) is 0 Å². The molecule has 0 bridgehead atoms. The predicted octanol–water partition coefficient (Wildman–Crippen LogP) is 4.93. The zero-order chi connectivity index (χ0) is 25.1. The van der Waals surface area contributed by atoms with Crippen LogP contribution in [0.1, 0.15) is 99.3 Å². The number of hydrogen-bond donors (Lipinski definition) is 4. The van der Waals surface area contributed by atoms with Crippen molar-refractivity contribution in [2.75, 3.05) is 0 Å². The number of carboxylic acid groups (broad SMARTS) is 1. The summed E-state index contributed by atoms with van der Waals surface area (Å²) in [6.45, 7) is 13.3. The molecule has 0 radical (unpaired) electrons. The minimum atomic E-state index is -1.09. The lowest BCUT2D eigenvalue weighted by Gasteiger charge is -2.71. The summed E-state index contributed by atoms with van der Waals surface area (Å²) in [7, 11) is 0. The van der Waals surface area contributed by atoms with Crippen molar-refractivity contribution >= 4 is 5.97 Å². The molecule has 4 N–H and O–H groups in total. The summed E-state index contributed by atoms with van der Waals surface area (Å²) in [6.07, 6.45) is 7.68. The first kappa shape index (κ1) is 24.8. The van der Waals surface area contributed by atoms with Gasteiger partial charge in [-0.15, -0.1) is 0 Å². The van der Waals surface area contributed by atoms with Crippen molar-refractivity contribution < 1.29 is 25.2 Å². The molecule has 34 heavy (non-hydrogen) atoms. The molecular weight excluding hydrogens is 428 g/mol. The standard InChI is InChI=1S/C29H46O5/c1-24(2)13-14-29(23(32)33)18(15-24)17-7-8-19-25(3)11-10-21(30)28(6,34)20(25)9-12-26(19,4)27(17,5)16-22(29)31/h7,18-22,30-31,34H,8-16H2,1-6H3,(H,32,33)/t18-,19-,20-,21-,22+,25+,26+,27+,28-,29+/m0/s1. The Labute approximate surface area is 205 Å². The largest absolute Gasteiger partial charge is 0.481 e. The minimum absolute atomic E-state index is 0.0422. The highest BCUT2D eigenvalue weighted by Gasteiger charge is 2.71. The molecule has 10 atom stereocenters. The molecule has 0 saturated heterocycles.